The number of pyridine rings is 1. The first kappa shape index (κ1) is 13.7. The zero-order chi connectivity index (χ0) is 15.6. The molecular formula is C16H15N5O2. The van der Waals surface area contributed by atoms with Crippen LogP contribution in [0.5, 0.6) is 0 Å². The highest BCUT2D eigenvalue weighted by Crippen LogP contribution is 2.24. The van der Waals surface area contributed by atoms with Crippen molar-refractivity contribution >= 4 is 5.91 Å². The van der Waals surface area contributed by atoms with Crippen molar-refractivity contribution in [3.05, 3.63) is 54.7 Å². The first-order chi connectivity index (χ1) is 11.3. The van der Waals surface area contributed by atoms with Crippen LogP contribution in [0.2, 0.25) is 0 Å². The molecule has 0 saturated carbocycles. The summed E-state index contributed by atoms with van der Waals surface area (Å²) in [5.74, 6) is 0.433. The van der Waals surface area contributed by atoms with Crippen LogP contribution in [0, 0.1) is 0 Å². The Balaban J connectivity index is 1.49. The van der Waals surface area contributed by atoms with Gasteiger partial charge in [-0.3, -0.25) is 14.5 Å². The fraction of sp³-hybridized carbons (Fsp3) is 0.250. The van der Waals surface area contributed by atoms with E-state index < -0.39 is 0 Å². The summed E-state index contributed by atoms with van der Waals surface area (Å²) in [6.07, 6.45) is 7.93. The van der Waals surface area contributed by atoms with Crippen molar-refractivity contribution in [3.8, 4) is 11.3 Å². The molecule has 0 radical (unpaired) electrons. The average Bonchev–Trinajstić information content (AvgIpc) is 3.35. The van der Waals surface area contributed by atoms with E-state index in [0.29, 0.717) is 24.5 Å². The molecule has 3 aromatic rings. The molecule has 0 bridgehead atoms. The molecule has 1 atom stereocenters. The van der Waals surface area contributed by atoms with E-state index in [0.717, 1.165) is 12.0 Å². The van der Waals surface area contributed by atoms with Crippen molar-refractivity contribution in [1.29, 1.82) is 0 Å². The third-order valence-corrected chi connectivity index (χ3v) is 4.02. The number of likely N-dealkylation sites (tertiary alicyclic amines) is 1. The second kappa shape index (κ2) is 5.68. The van der Waals surface area contributed by atoms with E-state index in [1.165, 1.54) is 0 Å². The summed E-state index contributed by atoms with van der Waals surface area (Å²) in [7, 11) is 0. The molecule has 7 nitrogen and oxygen atoms in total. The summed E-state index contributed by atoms with van der Waals surface area (Å²) in [4.78, 5) is 18.4. The normalized spacial score (nSPS) is 17.6. The summed E-state index contributed by atoms with van der Waals surface area (Å²) in [6, 6.07) is 7.46. The van der Waals surface area contributed by atoms with Gasteiger partial charge < -0.3 is 9.42 Å². The highest BCUT2D eigenvalue weighted by Gasteiger charge is 2.29. The molecule has 4 heterocycles. The Morgan fingerprint density at radius 3 is 3.04 bits per heavy atom. The number of carbonyl (C=O) groups is 1. The average molecular weight is 309 g/mol. The zero-order valence-corrected chi connectivity index (χ0v) is 12.4. The minimum Gasteiger partial charge on any atom is -0.355 e. The van der Waals surface area contributed by atoms with Gasteiger partial charge in [-0.05, 0) is 24.6 Å². The highest BCUT2D eigenvalue weighted by atomic mass is 16.5. The molecule has 1 saturated heterocycles. The van der Waals surface area contributed by atoms with E-state index in [1.54, 1.807) is 29.6 Å². The minimum atomic E-state index is -0.112. The van der Waals surface area contributed by atoms with Crippen LogP contribution in [0.4, 0.5) is 0 Å². The molecule has 1 aliphatic rings. The van der Waals surface area contributed by atoms with Gasteiger partial charge in [0.05, 0.1) is 6.04 Å². The van der Waals surface area contributed by atoms with Crippen LogP contribution in [-0.4, -0.2) is 43.8 Å². The molecular weight excluding hydrogens is 294 g/mol. The summed E-state index contributed by atoms with van der Waals surface area (Å²) in [5.41, 5.74) is 1.12. The molecule has 116 valence electrons. The zero-order valence-electron chi connectivity index (χ0n) is 12.4. The van der Waals surface area contributed by atoms with Gasteiger partial charge in [-0.1, -0.05) is 5.16 Å². The van der Waals surface area contributed by atoms with Gasteiger partial charge in [0.1, 0.15) is 0 Å². The smallest absolute Gasteiger partial charge is 0.276 e. The van der Waals surface area contributed by atoms with Crippen LogP contribution in [0.1, 0.15) is 23.0 Å². The SMILES string of the molecule is O=C(c1cc(-c2cccnc2)on1)N1CCC(n2cccn2)C1. The summed E-state index contributed by atoms with van der Waals surface area (Å²) in [5, 5.41) is 8.15. The number of carbonyl (C=O) groups excluding carboxylic acids is 1. The van der Waals surface area contributed by atoms with Crippen LogP contribution in [0.15, 0.2) is 53.6 Å². The third kappa shape index (κ3) is 2.61. The van der Waals surface area contributed by atoms with Gasteiger partial charge in [0.2, 0.25) is 0 Å². The maximum Gasteiger partial charge on any atom is 0.276 e. The van der Waals surface area contributed by atoms with Crippen molar-refractivity contribution in [2.45, 2.75) is 12.5 Å². The van der Waals surface area contributed by atoms with E-state index in [9.17, 15) is 4.79 Å². The maximum atomic E-state index is 12.6. The highest BCUT2D eigenvalue weighted by molar-refractivity contribution is 5.93. The van der Waals surface area contributed by atoms with Gasteiger partial charge >= 0.3 is 0 Å². The number of rotatable bonds is 3. The Bertz CT molecular complexity index is 797. The van der Waals surface area contributed by atoms with Crippen molar-refractivity contribution < 1.29 is 9.32 Å². The molecule has 0 aromatic carbocycles. The Morgan fingerprint density at radius 2 is 2.26 bits per heavy atom. The quantitative estimate of drug-likeness (QED) is 0.739. The first-order valence-electron chi connectivity index (χ1n) is 7.47. The first-order valence-corrected chi connectivity index (χ1v) is 7.47. The maximum absolute atomic E-state index is 12.6. The van der Waals surface area contributed by atoms with E-state index in [-0.39, 0.29) is 11.9 Å². The molecule has 1 amide bonds. The van der Waals surface area contributed by atoms with E-state index >= 15 is 0 Å². The van der Waals surface area contributed by atoms with Gasteiger partial charge in [0.15, 0.2) is 11.5 Å². The van der Waals surface area contributed by atoms with E-state index in [2.05, 4.69) is 15.2 Å². The number of amides is 1. The fourth-order valence-electron chi connectivity index (χ4n) is 2.82. The van der Waals surface area contributed by atoms with Crippen LogP contribution in [-0.2, 0) is 0 Å². The standard InChI is InChI=1S/C16H15N5O2/c22-16(20-8-4-13(11-20)21-7-2-6-18-21)14-9-15(23-19-14)12-3-1-5-17-10-12/h1-3,5-7,9-10,13H,4,8,11H2. The number of aromatic nitrogens is 4. The molecule has 0 spiro atoms. The fourth-order valence-corrected chi connectivity index (χ4v) is 2.82. The predicted octanol–water partition coefficient (Wildman–Crippen LogP) is 2.02. The molecule has 7 heteroatoms. The summed E-state index contributed by atoms with van der Waals surface area (Å²) in [6.45, 7) is 1.33. The van der Waals surface area contributed by atoms with E-state index in [4.69, 9.17) is 4.52 Å². The van der Waals surface area contributed by atoms with Crippen LogP contribution in [0.25, 0.3) is 11.3 Å². The Morgan fingerprint density at radius 1 is 1.30 bits per heavy atom. The van der Waals surface area contributed by atoms with Crippen molar-refractivity contribution in [1.82, 2.24) is 24.8 Å². The largest absolute Gasteiger partial charge is 0.355 e. The van der Waals surface area contributed by atoms with Crippen molar-refractivity contribution in [2.24, 2.45) is 0 Å². The lowest BCUT2D eigenvalue weighted by Crippen LogP contribution is -2.29. The van der Waals surface area contributed by atoms with Gasteiger partial charge in [-0.25, -0.2) is 0 Å². The lowest BCUT2D eigenvalue weighted by molar-refractivity contribution is 0.0777. The third-order valence-electron chi connectivity index (χ3n) is 4.02. The summed E-state index contributed by atoms with van der Waals surface area (Å²) >= 11 is 0. The lowest BCUT2D eigenvalue weighted by Gasteiger charge is -2.14. The van der Waals surface area contributed by atoms with Gasteiger partial charge in [-0.2, -0.15) is 5.10 Å². The monoisotopic (exact) mass is 309 g/mol. The molecule has 23 heavy (non-hydrogen) atoms. The predicted molar refractivity (Wildman–Crippen MR) is 81.5 cm³/mol. The second-order valence-corrected chi connectivity index (χ2v) is 5.50. The number of nitrogens with zero attached hydrogens (tertiary/aromatic N) is 5. The Hall–Kier alpha value is -2.96. The number of hydrogen-bond donors (Lipinski definition) is 0. The molecule has 1 fully saturated rings. The molecule has 0 aliphatic carbocycles. The number of hydrogen-bond acceptors (Lipinski definition) is 5. The Kier molecular flexibility index (Phi) is 3.38. The molecule has 3 aromatic heterocycles. The van der Waals surface area contributed by atoms with E-state index in [1.807, 2.05) is 29.1 Å². The van der Waals surface area contributed by atoms with Gasteiger partial charge in [0, 0.05) is 49.5 Å². The molecule has 1 unspecified atom stereocenters. The Labute approximate surface area is 132 Å². The van der Waals surface area contributed by atoms with Crippen molar-refractivity contribution in [2.75, 3.05) is 13.1 Å². The van der Waals surface area contributed by atoms with Crippen LogP contribution >= 0.6 is 0 Å². The van der Waals surface area contributed by atoms with Crippen molar-refractivity contribution in [3.63, 3.8) is 0 Å². The molecule has 4 rings (SSSR count). The second-order valence-electron chi connectivity index (χ2n) is 5.50. The topological polar surface area (TPSA) is 77.0 Å². The molecule has 0 N–H and O–H groups in total. The van der Waals surface area contributed by atoms with Gasteiger partial charge in [-0.15, -0.1) is 0 Å². The molecule has 1 aliphatic heterocycles. The minimum absolute atomic E-state index is 0.112. The van der Waals surface area contributed by atoms with Crippen LogP contribution < -0.4 is 0 Å². The van der Waals surface area contributed by atoms with Gasteiger partial charge in [0.25, 0.3) is 5.91 Å². The lowest BCUT2D eigenvalue weighted by atomic mass is 10.2. The summed E-state index contributed by atoms with van der Waals surface area (Å²) < 4.78 is 7.18. The van der Waals surface area contributed by atoms with Crippen LogP contribution in [0.3, 0.4) is 0 Å².